The molecule has 2 amide bonds. The number of thiazole rings is 1. The van der Waals surface area contributed by atoms with Crippen molar-refractivity contribution in [1.29, 1.82) is 0 Å². The van der Waals surface area contributed by atoms with E-state index in [1.807, 2.05) is 12.3 Å². The van der Waals surface area contributed by atoms with Crippen molar-refractivity contribution in [3.05, 3.63) is 52.0 Å². The average molecular weight is 339 g/mol. The van der Waals surface area contributed by atoms with Gasteiger partial charge in [-0.25, -0.2) is 4.98 Å². The molecule has 0 unspecified atom stereocenters. The molecule has 0 saturated carbocycles. The van der Waals surface area contributed by atoms with Gasteiger partial charge >= 0.3 is 0 Å². The van der Waals surface area contributed by atoms with Crippen molar-refractivity contribution >= 4 is 34.9 Å². The van der Waals surface area contributed by atoms with Gasteiger partial charge in [-0.05, 0) is 31.2 Å². The van der Waals surface area contributed by atoms with Gasteiger partial charge in [-0.1, -0.05) is 12.0 Å². The Bertz CT molecular complexity index is 818. The van der Waals surface area contributed by atoms with Crippen molar-refractivity contribution in [1.82, 2.24) is 9.88 Å². The first-order valence-electron chi connectivity index (χ1n) is 7.20. The van der Waals surface area contributed by atoms with E-state index < -0.39 is 0 Å². The number of nitrogens with zero attached hydrogens (tertiary/aromatic N) is 2. The number of carbonyl (C=O) groups is 2. The van der Waals surface area contributed by atoms with Crippen LogP contribution in [0, 0.1) is 19.3 Å². The van der Waals surface area contributed by atoms with Gasteiger partial charge in [-0.3, -0.25) is 9.59 Å². The minimum atomic E-state index is -0.294. The number of aromatic nitrogens is 1. The molecule has 24 heavy (non-hydrogen) atoms. The molecule has 2 aromatic rings. The number of hydrogen-bond acceptors (Lipinski definition) is 4. The summed E-state index contributed by atoms with van der Waals surface area (Å²) in [6, 6.07) is 6.98. The molecule has 0 aliphatic rings. The van der Waals surface area contributed by atoms with Crippen LogP contribution in [0.4, 0.5) is 5.69 Å². The third-order valence-corrected chi connectivity index (χ3v) is 3.90. The van der Waals surface area contributed by atoms with E-state index in [1.165, 1.54) is 22.3 Å². The molecule has 1 aromatic carbocycles. The lowest BCUT2D eigenvalue weighted by molar-refractivity contribution is -0.129. The maximum absolute atomic E-state index is 12.0. The summed E-state index contributed by atoms with van der Waals surface area (Å²) in [4.78, 5) is 29.6. The van der Waals surface area contributed by atoms with E-state index >= 15 is 0 Å². The molecule has 122 valence electrons. The van der Waals surface area contributed by atoms with Gasteiger partial charge in [0.2, 0.25) is 11.8 Å². The highest BCUT2D eigenvalue weighted by Crippen LogP contribution is 2.10. The Hall–Kier alpha value is -2.91. The van der Waals surface area contributed by atoms with Crippen molar-refractivity contribution < 1.29 is 9.59 Å². The van der Waals surface area contributed by atoms with Crippen LogP contribution in [-0.4, -0.2) is 35.3 Å². The zero-order chi connectivity index (χ0) is 17.5. The Kier molecular flexibility index (Phi) is 5.88. The normalized spacial score (nSPS) is 10.4. The molecule has 0 fully saturated rings. The molecule has 1 N–H and O–H groups in total. The monoisotopic (exact) mass is 339 g/mol. The van der Waals surface area contributed by atoms with Crippen molar-refractivity contribution in [2.24, 2.45) is 0 Å². The zero-order valence-electron chi connectivity index (χ0n) is 13.4. The van der Waals surface area contributed by atoms with Crippen LogP contribution in [0.3, 0.4) is 0 Å². The van der Waals surface area contributed by atoms with E-state index in [-0.39, 0.29) is 18.4 Å². The average Bonchev–Trinajstić information content (AvgIpc) is 2.98. The Morgan fingerprint density at radius 2 is 2.25 bits per heavy atom. The van der Waals surface area contributed by atoms with Gasteiger partial charge in [0, 0.05) is 29.8 Å². The van der Waals surface area contributed by atoms with Crippen LogP contribution < -0.4 is 5.32 Å². The van der Waals surface area contributed by atoms with Crippen molar-refractivity contribution in [2.45, 2.75) is 6.92 Å². The van der Waals surface area contributed by atoms with Crippen molar-refractivity contribution in [3.63, 3.8) is 0 Å². The zero-order valence-corrected chi connectivity index (χ0v) is 14.3. The molecule has 0 bridgehead atoms. The van der Waals surface area contributed by atoms with Gasteiger partial charge in [0.15, 0.2) is 0 Å². The summed E-state index contributed by atoms with van der Waals surface area (Å²) in [6.07, 6.45) is 8.36. The number of rotatable bonds is 5. The van der Waals surface area contributed by atoms with E-state index in [2.05, 4.69) is 16.2 Å². The Balaban J connectivity index is 1.89. The highest BCUT2D eigenvalue weighted by Gasteiger charge is 2.11. The molecule has 0 spiro atoms. The minimum Gasteiger partial charge on any atom is -0.333 e. The molecule has 0 aliphatic heterocycles. The molecule has 0 aliphatic carbocycles. The smallest absolute Gasteiger partial charge is 0.246 e. The Morgan fingerprint density at radius 3 is 2.92 bits per heavy atom. The summed E-state index contributed by atoms with van der Waals surface area (Å²) in [7, 11) is 1.57. The van der Waals surface area contributed by atoms with E-state index in [4.69, 9.17) is 6.42 Å². The number of aryl methyl sites for hydroxylation is 1. The second-order valence-corrected chi connectivity index (χ2v) is 6.15. The number of benzene rings is 1. The fourth-order valence-corrected chi connectivity index (χ4v) is 2.50. The molecule has 0 atom stereocenters. The maximum Gasteiger partial charge on any atom is 0.246 e. The summed E-state index contributed by atoms with van der Waals surface area (Å²) in [5.41, 5.74) is 2.01. The number of hydrogen-bond donors (Lipinski definition) is 1. The van der Waals surface area contributed by atoms with Gasteiger partial charge in [-0.15, -0.1) is 17.8 Å². The Morgan fingerprint density at radius 1 is 1.46 bits per heavy atom. The standard InChI is InChI=1S/C18H17N3O2S/c1-4-14-6-5-7-15(10-14)20-17(22)11-21(3)18(23)9-8-16-12-24-13(2)19-16/h1,5-10,12H,11H2,2-3H3,(H,20,22)/b9-8+. The molecular formula is C18H17N3O2S. The van der Waals surface area contributed by atoms with Crippen molar-refractivity contribution in [3.8, 4) is 12.3 Å². The van der Waals surface area contributed by atoms with Crippen LogP contribution >= 0.6 is 11.3 Å². The summed E-state index contributed by atoms with van der Waals surface area (Å²) < 4.78 is 0. The number of amides is 2. The third kappa shape index (κ3) is 5.07. The number of terminal acetylenes is 1. The Labute approximate surface area is 145 Å². The summed E-state index contributed by atoms with van der Waals surface area (Å²) in [5, 5.41) is 5.52. The maximum atomic E-state index is 12.0. The molecular weight excluding hydrogens is 322 g/mol. The first kappa shape index (κ1) is 17.4. The molecule has 0 radical (unpaired) electrons. The van der Waals surface area contributed by atoms with E-state index in [0.29, 0.717) is 11.3 Å². The fraction of sp³-hybridized carbons (Fsp3) is 0.167. The molecule has 2 rings (SSSR count). The second kappa shape index (κ2) is 8.09. The fourth-order valence-electron chi connectivity index (χ4n) is 1.92. The number of likely N-dealkylation sites (N-methyl/N-ethyl adjacent to an activating group) is 1. The van der Waals surface area contributed by atoms with Gasteiger partial charge in [0.05, 0.1) is 17.2 Å². The van der Waals surface area contributed by atoms with Crippen LogP contribution in [0.25, 0.3) is 6.08 Å². The number of carbonyl (C=O) groups excluding carboxylic acids is 2. The lowest BCUT2D eigenvalue weighted by atomic mass is 10.2. The summed E-state index contributed by atoms with van der Waals surface area (Å²) >= 11 is 1.51. The quantitative estimate of drug-likeness (QED) is 0.673. The SMILES string of the molecule is C#Cc1cccc(NC(=O)CN(C)C(=O)/C=C/c2csc(C)n2)c1. The largest absolute Gasteiger partial charge is 0.333 e. The lowest BCUT2D eigenvalue weighted by Gasteiger charge is -2.14. The highest BCUT2D eigenvalue weighted by atomic mass is 32.1. The minimum absolute atomic E-state index is 0.0560. The first-order valence-corrected chi connectivity index (χ1v) is 8.07. The van der Waals surface area contributed by atoms with Gasteiger partial charge in [0.1, 0.15) is 0 Å². The number of anilines is 1. The topological polar surface area (TPSA) is 62.3 Å². The van der Waals surface area contributed by atoms with Crippen LogP contribution in [0.15, 0.2) is 35.7 Å². The molecule has 0 saturated heterocycles. The van der Waals surface area contributed by atoms with E-state index in [1.54, 1.807) is 37.4 Å². The number of nitrogens with one attached hydrogen (secondary N) is 1. The predicted molar refractivity (Wildman–Crippen MR) is 96.5 cm³/mol. The van der Waals surface area contributed by atoms with Crippen LogP contribution in [-0.2, 0) is 9.59 Å². The first-order chi connectivity index (χ1) is 11.5. The van der Waals surface area contributed by atoms with Gasteiger partial charge < -0.3 is 10.2 Å². The van der Waals surface area contributed by atoms with E-state index in [0.717, 1.165) is 10.7 Å². The second-order valence-electron chi connectivity index (χ2n) is 5.09. The highest BCUT2D eigenvalue weighted by molar-refractivity contribution is 7.09. The van der Waals surface area contributed by atoms with Gasteiger partial charge in [0.25, 0.3) is 0 Å². The molecule has 5 nitrogen and oxygen atoms in total. The molecule has 1 heterocycles. The summed E-state index contributed by atoms with van der Waals surface area (Å²) in [6.45, 7) is 1.84. The van der Waals surface area contributed by atoms with Crippen LogP contribution in [0.5, 0.6) is 0 Å². The van der Waals surface area contributed by atoms with Crippen LogP contribution in [0.1, 0.15) is 16.3 Å². The van der Waals surface area contributed by atoms with E-state index in [9.17, 15) is 9.59 Å². The molecule has 1 aromatic heterocycles. The van der Waals surface area contributed by atoms with Crippen LogP contribution in [0.2, 0.25) is 0 Å². The third-order valence-electron chi connectivity index (χ3n) is 3.10. The predicted octanol–water partition coefficient (Wildman–Crippen LogP) is 2.54. The summed E-state index contributed by atoms with van der Waals surface area (Å²) in [5.74, 6) is 1.94. The lowest BCUT2D eigenvalue weighted by Crippen LogP contribution is -2.33. The molecule has 6 heteroatoms. The van der Waals surface area contributed by atoms with Crippen molar-refractivity contribution in [2.75, 3.05) is 18.9 Å². The van der Waals surface area contributed by atoms with Gasteiger partial charge in [-0.2, -0.15) is 0 Å².